The Balaban J connectivity index is 2.76. The third-order valence-electron chi connectivity index (χ3n) is 3.95. The van der Waals surface area contributed by atoms with E-state index in [2.05, 4.69) is 4.99 Å². The van der Waals surface area contributed by atoms with Gasteiger partial charge in [-0.05, 0) is 25.5 Å². The Labute approximate surface area is 146 Å². The Morgan fingerprint density at radius 3 is 2.54 bits per heavy atom. The first-order valence-corrected chi connectivity index (χ1v) is 7.61. The van der Waals surface area contributed by atoms with Gasteiger partial charge in [0.15, 0.2) is 0 Å². The van der Waals surface area contributed by atoms with Gasteiger partial charge in [-0.15, -0.1) is 0 Å². The molecule has 140 valence electrons. The maximum absolute atomic E-state index is 13.4. The number of aliphatic imine (C=N–C) groups is 1. The van der Waals surface area contributed by atoms with E-state index in [1.165, 1.54) is 19.9 Å². The van der Waals surface area contributed by atoms with E-state index in [1.807, 2.05) is 0 Å². The lowest BCUT2D eigenvalue weighted by Gasteiger charge is -2.29. The summed E-state index contributed by atoms with van der Waals surface area (Å²) >= 11 is 0. The van der Waals surface area contributed by atoms with Crippen LogP contribution in [0.25, 0.3) is 0 Å². The monoisotopic (exact) mass is 371 g/mol. The van der Waals surface area contributed by atoms with Crippen LogP contribution in [-0.4, -0.2) is 23.3 Å². The molecule has 2 N–H and O–H groups in total. The minimum atomic E-state index is -4.77. The van der Waals surface area contributed by atoms with Crippen LogP contribution in [0.3, 0.4) is 0 Å². The molecule has 1 aromatic carbocycles. The van der Waals surface area contributed by atoms with Gasteiger partial charge in [-0.1, -0.05) is 18.2 Å². The van der Waals surface area contributed by atoms with Crippen LogP contribution < -0.4 is 5.73 Å². The number of carbonyl (C=O) groups is 1. The third kappa shape index (κ3) is 3.53. The van der Waals surface area contributed by atoms with Gasteiger partial charge in [-0.3, -0.25) is 14.9 Å². The molecule has 0 bridgehead atoms. The molecular formula is C16H16F3N3O4. The van der Waals surface area contributed by atoms with Crippen molar-refractivity contribution in [3.8, 4) is 0 Å². The lowest BCUT2D eigenvalue weighted by molar-refractivity contribution is -0.432. The first kappa shape index (κ1) is 19.4. The molecular weight excluding hydrogens is 355 g/mol. The highest BCUT2D eigenvalue weighted by molar-refractivity contribution is 6.02. The van der Waals surface area contributed by atoms with E-state index in [1.54, 1.807) is 0 Å². The summed E-state index contributed by atoms with van der Waals surface area (Å²) in [4.78, 5) is 26.8. The number of esters is 1. The normalized spacial score (nSPS) is 20.6. The maximum Gasteiger partial charge on any atom is 0.416 e. The van der Waals surface area contributed by atoms with Gasteiger partial charge in [-0.2, -0.15) is 13.2 Å². The van der Waals surface area contributed by atoms with Crippen LogP contribution >= 0.6 is 0 Å². The van der Waals surface area contributed by atoms with E-state index in [0.717, 1.165) is 18.2 Å². The summed E-state index contributed by atoms with van der Waals surface area (Å²) in [7, 11) is 0. The molecule has 1 aromatic rings. The summed E-state index contributed by atoms with van der Waals surface area (Å²) in [5.74, 6) is -4.39. The topological polar surface area (TPSA) is 108 Å². The molecule has 0 fully saturated rings. The first-order chi connectivity index (χ1) is 12.1. The van der Waals surface area contributed by atoms with E-state index in [9.17, 15) is 28.1 Å². The largest absolute Gasteiger partial charge is 0.465 e. The second-order valence-electron chi connectivity index (χ2n) is 5.56. The number of benzene rings is 1. The number of nitrogens with two attached hydrogens (primary N) is 1. The number of carbonyl (C=O) groups excluding carboxylic acids is 1. The zero-order valence-electron chi connectivity index (χ0n) is 13.9. The lowest BCUT2D eigenvalue weighted by Crippen LogP contribution is -2.41. The number of hydrogen-bond donors (Lipinski definition) is 1. The number of hydrogen-bond acceptors (Lipinski definition) is 6. The van der Waals surface area contributed by atoms with Crippen molar-refractivity contribution in [2.24, 2.45) is 16.6 Å². The molecule has 0 spiro atoms. The highest BCUT2D eigenvalue weighted by Gasteiger charge is 2.49. The lowest BCUT2D eigenvalue weighted by atomic mass is 9.78. The number of ether oxygens (including phenoxy) is 1. The van der Waals surface area contributed by atoms with Crippen LogP contribution in [0.4, 0.5) is 13.2 Å². The average molecular weight is 371 g/mol. The summed E-state index contributed by atoms with van der Waals surface area (Å²) in [5, 5.41) is 11.5. The second-order valence-corrected chi connectivity index (χ2v) is 5.56. The quantitative estimate of drug-likeness (QED) is 0.497. The van der Waals surface area contributed by atoms with Gasteiger partial charge in [-0.25, -0.2) is 4.99 Å². The molecule has 10 heteroatoms. The van der Waals surface area contributed by atoms with Gasteiger partial charge in [0.1, 0.15) is 17.5 Å². The number of amidine groups is 1. The van der Waals surface area contributed by atoms with E-state index >= 15 is 0 Å². The summed E-state index contributed by atoms with van der Waals surface area (Å²) in [6.45, 7) is 2.70. The van der Waals surface area contributed by atoms with Gasteiger partial charge in [0.05, 0.1) is 23.0 Å². The van der Waals surface area contributed by atoms with Gasteiger partial charge in [0.25, 0.3) is 5.70 Å². The van der Waals surface area contributed by atoms with Gasteiger partial charge >= 0.3 is 12.1 Å². The van der Waals surface area contributed by atoms with Crippen molar-refractivity contribution < 1.29 is 27.6 Å². The third-order valence-corrected chi connectivity index (χ3v) is 3.95. The SMILES string of the molecule is CCOC(=O)C1C(N)=NC(C)=C([N+](=O)[O-])C1c1ccccc1C(F)(F)F. The molecule has 26 heavy (non-hydrogen) atoms. The highest BCUT2D eigenvalue weighted by Crippen LogP contribution is 2.44. The number of nitro groups is 1. The van der Waals surface area contributed by atoms with Crippen molar-refractivity contribution in [2.75, 3.05) is 6.61 Å². The number of halogens is 3. The Kier molecular flexibility index (Phi) is 5.33. The van der Waals surface area contributed by atoms with E-state index in [4.69, 9.17) is 10.5 Å². The maximum atomic E-state index is 13.4. The van der Waals surface area contributed by atoms with Crippen molar-refractivity contribution >= 4 is 11.8 Å². The Hall–Kier alpha value is -2.91. The molecule has 0 radical (unpaired) electrons. The predicted octanol–water partition coefficient (Wildman–Crippen LogP) is 2.85. The second kappa shape index (κ2) is 7.14. The molecule has 1 heterocycles. The van der Waals surface area contributed by atoms with Gasteiger partial charge < -0.3 is 10.5 Å². The summed E-state index contributed by atoms with van der Waals surface area (Å²) < 4.78 is 45.2. The minimum Gasteiger partial charge on any atom is -0.465 e. The predicted molar refractivity (Wildman–Crippen MR) is 85.6 cm³/mol. The van der Waals surface area contributed by atoms with Gasteiger partial charge in [0.2, 0.25) is 0 Å². The highest BCUT2D eigenvalue weighted by atomic mass is 19.4. The van der Waals surface area contributed by atoms with Crippen LogP contribution in [0.2, 0.25) is 0 Å². The molecule has 1 aliphatic heterocycles. The standard InChI is InChI=1S/C16H16F3N3O4/c1-3-26-15(23)12-11(13(22(24)25)8(2)21-14(12)20)9-6-4-5-7-10(9)16(17,18)19/h4-7,11-12H,3H2,1-2H3,(H2,20,21). The van der Waals surface area contributed by atoms with Crippen LogP contribution in [0.1, 0.15) is 30.9 Å². The zero-order valence-corrected chi connectivity index (χ0v) is 13.9. The number of rotatable bonds is 4. The summed E-state index contributed by atoms with van der Waals surface area (Å²) in [5.41, 5.74) is 3.48. The number of nitrogens with zero attached hydrogens (tertiary/aromatic N) is 2. The van der Waals surface area contributed by atoms with Crippen LogP contribution in [0.5, 0.6) is 0 Å². The van der Waals surface area contributed by atoms with Crippen molar-refractivity contribution in [3.05, 3.63) is 56.9 Å². The fraction of sp³-hybridized carbons (Fsp3) is 0.375. The van der Waals surface area contributed by atoms with E-state index in [0.29, 0.717) is 0 Å². The van der Waals surface area contributed by atoms with Crippen molar-refractivity contribution in [3.63, 3.8) is 0 Å². The molecule has 2 rings (SSSR count). The zero-order chi connectivity index (χ0) is 19.6. The number of alkyl halides is 3. The van der Waals surface area contributed by atoms with Crippen molar-refractivity contribution in [2.45, 2.75) is 25.9 Å². The first-order valence-electron chi connectivity index (χ1n) is 7.61. The van der Waals surface area contributed by atoms with E-state index < -0.39 is 45.7 Å². The Morgan fingerprint density at radius 2 is 2.00 bits per heavy atom. The number of allylic oxidation sites excluding steroid dienone is 2. The molecule has 2 unspecified atom stereocenters. The van der Waals surface area contributed by atoms with Crippen LogP contribution in [0.15, 0.2) is 40.7 Å². The van der Waals surface area contributed by atoms with Crippen molar-refractivity contribution in [1.82, 2.24) is 0 Å². The molecule has 0 aliphatic carbocycles. The summed E-state index contributed by atoms with van der Waals surface area (Å²) in [6.07, 6.45) is -4.77. The van der Waals surface area contributed by atoms with Crippen LogP contribution in [-0.2, 0) is 15.7 Å². The average Bonchev–Trinajstić information content (AvgIpc) is 2.53. The fourth-order valence-electron chi connectivity index (χ4n) is 2.96. The Morgan fingerprint density at radius 1 is 1.38 bits per heavy atom. The molecule has 0 saturated heterocycles. The van der Waals surface area contributed by atoms with Gasteiger partial charge in [0, 0.05) is 0 Å². The fourth-order valence-corrected chi connectivity index (χ4v) is 2.96. The van der Waals surface area contributed by atoms with Crippen molar-refractivity contribution in [1.29, 1.82) is 0 Å². The molecule has 0 aromatic heterocycles. The molecule has 0 amide bonds. The molecule has 0 saturated carbocycles. The molecule has 2 atom stereocenters. The minimum absolute atomic E-state index is 0.0628. The van der Waals surface area contributed by atoms with Crippen LogP contribution in [0, 0.1) is 16.0 Å². The van der Waals surface area contributed by atoms with E-state index in [-0.39, 0.29) is 18.1 Å². The Bertz CT molecular complexity index is 802. The molecule has 7 nitrogen and oxygen atoms in total. The molecule has 1 aliphatic rings. The smallest absolute Gasteiger partial charge is 0.416 e. The summed E-state index contributed by atoms with van der Waals surface area (Å²) in [6, 6.07) is 4.36.